The number of carbonyl (C=O) groups excluding carboxylic acids is 3. The molecule has 2 amide bonds. The van der Waals surface area contributed by atoms with Gasteiger partial charge in [0.2, 0.25) is 5.91 Å². The van der Waals surface area contributed by atoms with Crippen molar-refractivity contribution in [2.75, 3.05) is 19.0 Å². The Morgan fingerprint density at radius 3 is 2.41 bits per heavy atom. The molecule has 3 N–H and O–H groups in total. The summed E-state index contributed by atoms with van der Waals surface area (Å²) in [6, 6.07) is 13.1. The van der Waals surface area contributed by atoms with Gasteiger partial charge >= 0.3 is 5.97 Å². The van der Waals surface area contributed by atoms with Gasteiger partial charge in [0, 0.05) is 17.7 Å². The number of nitrogens with one attached hydrogen (secondary N) is 2. The number of alkyl halides is 1. The molecule has 0 unspecified atom stereocenters. The largest absolute Gasteiger partial charge is 0.467 e. The van der Waals surface area contributed by atoms with Gasteiger partial charge < -0.3 is 20.5 Å². The third-order valence-corrected chi connectivity index (χ3v) is 4.81. The fourth-order valence-corrected chi connectivity index (χ4v) is 2.74. The maximum atomic E-state index is 12.5. The van der Waals surface area contributed by atoms with Crippen LogP contribution in [0.1, 0.15) is 27.0 Å². The zero-order valence-electron chi connectivity index (χ0n) is 17.4. The van der Waals surface area contributed by atoms with Gasteiger partial charge in [0.05, 0.1) is 19.0 Å². The van der Waals surface area contributed by atoms with Gasteiger partial charge in [0.15, 0.2) is 0 Å². The number of aliphatic hydroxyl groups is 1. The van der Waals surface area contributed by atoms with Crippen molar-refractivity contribution in [3.8, 4) is 11.8 Å². The number of halogens is 1. The van der Waals surface area contributed by atoms with Crippen LogP contribution in [0.4, 0.5) is 0 Å². The number of ether oxygens (including phenoxy) is 1. The Hall–Kier alpha value is -3.41. The minimum atomic E-state index is -1.01. The lowest BCUT2D eigenvalue weighted by molar-refractivity contribution is -0.142. The fourth-order valence-electron chi connectivity index (χ4n) is 2.54. The van der Waals surface area contributed by atoms with Crippen LogP contribution in [-0.4, -0.2) is 47.9 Å². The van der Waals surface area contributed by atoms with Gasteiger partial charge in [-0.15, -0.1) is 0 Å². The molecule has 1 atom stereocenters. The second-order valence-electron chi connectivity index (χ2n) is 6.57. The molecule has 0 saturated heterocycles. The number of aliphatic hydroxyl groups excluding tert-OH is 1. The predicted molar refractivity (Wildman–Crippen MR) is 125 cm³/mol. The van der Waals surface area contributed by atoms with E-state index in [4.69, 9.17) is 5.11 Å². The molecule has 8 heteroatoms. The normalized spacial score (nSPS) is 11.2. The van der Waals surface area contributed by atoms with Crippen LogP contribution < -0.4 is 10.6 Å². The molecule has 0 aliphatic heterocycles. The molecule has 0 fully saturated rings. The maximum absolute atomic E-state index is 12.5. The summed E-state index contributed by atoms with van der Waals surface area (Å²) in [5, 5.41) is 14.2. The van der Waals surface area contributed by atoms with Gasteiger partial charge in [-0.1, -0.05) is 52.0 Å². The first-order valence-electron chi connectivity index (χ1n) is 9.66. The lowest BCUT2D eigenvalue weighted by Crippen LogP contribution is -2.49. The molecule has 7 nitrogen and oxygen atoms in total. The van der Waals surface area contributed by atoms with Crippen LogP contribution in [-0.2, 0) is 20.9 Å². The SMILES string of the molecule is COC(=O)[C@H](CNC(=O)CBr)NC(=O)c1ccc(C#CC=Cc2ccc(CO)cc2)cc1. The molecule has 0 radical (unpaired) electrons. The topological polar surface area (TPSA) is 105 Å². The first kappa shape index (κ1) is 24.9. The van der Waals surface area contributed by atoms with E-state index in [2.05, 4.69) is 43.1 Å². The molecule has 0 aromatic heterocycles. The smallest absolute Gasteiger partial charge is 0.330 e. The third kappa shape index (κ3) is 8.02. The molecular weight excluding hydrogens is 476 g/mol. The molecule has 0 aliphatic rings. The first-order valence-corrected chi connectivity index (χ1v) is 10.8. The van der Waals surface area contributed by atoms with E-state index in [1.54, 1.807) is 30.3 Å². The Labute approximate surface area is 195 Å². The van der Waals surface area contributed by atoms with Crippen LogP contribution in [0.3, 0.4) is 0 Å². The quantitative estimate of drug-likeness (QED) is 0.293. The van der Waals surface area contributed by atoms with Crippen LogP contribution in [0, 0.1) is 11.8 Å². The number of hydrogen-bond donors (Lipinski definition) is 3. The van der Waals surface area contributed by atoms with Crippen molar-refractivity contribution in [3.05, 3.63) is 76.9 Å². The van der Waals surface area contributed by atoms with Gasteiger partial charge in [-0.05, 0) is 47.5 Å². The number of esters is 1. The third-order valence-electron chi connectivity index (χ3n) is 4.30. The lowest BCUT2D eigenvalue weighted by atomic mass is 10.1. The number of methoxy groups -OCH3 is 1. The van der Waals surface area contributed by atoms with E-state index in [9.17, 15) is 14.4 Å². The van der Waals surface area contributed by atoms with Crippen molar-refractivity contribution >= 4 is 39.8 Å². The second-order valence-corrected chi connectivity index (χ2v) is 7.13. The molecular formula is C24H23BrN2O5. The number of benzene rings is 2. The van der Waals surface area contributed by atoms with Crippen molar-refractivity contribution in [1.82, 2.24) is 10.6 Å². The first-order chi connectivity index (χ1) is 15.5. The van der Waals surface area contributed by atoms with E-state index in [1.807, 2.05) is 30.3 Å². The van der Waals surface area contributed by atoms with Crippen molar-refractivity contribution < 1.29 is 24.2 Å². The van der Waals surface area contributed by atoms with Crippen molar-refractivity contribution in [1.29, 1.82) is 0 Å². The molecule has 2 rings (SSSR count). The molecule has 166 valence electrons. The van der Waals surface area contributed by atoms with Gasteiger partial charge in [-0.25, -0.2) is 4.79 Å². The minimum absolute atomic E-state index is 0.00880. The predicted octanol–water partition coefficient (Wildman–Crippen LogP) is 2.03. The summed E-state index contributed by atoms with van der Waals surface area (Å²) in [5.74, 6) is 4.46. The van der Waals surface area contributed by atoms with Crippen LogP contribution in [0.5, 0.6) is 0 Å². The van der Waals surface area contributed by atoms with Crippen molar-refractivity contribution in [2.45, 2.75) is 12.6 Å². The summed E-state index contributed by atoms with van der Waals surface area (Å²) >= 11 is 3.01. The Bertz CT molecular complexity index is 1020. The molecule has 2 aromatic rings. The molecule has 0 aliphatic carbocycles. The highest BCUT2D eigenvalue weighted by Crippen LogP contribution is 2.07. The van der Waals surface area contributed by atoms with Crippen molar-refractivity contribution in [3.63, 3.8) is 0 Å². The van der Waals surface area contributed by atoms with Crippen LogP contribution in [0.25, 0.3) is 6.08 Å². The number of carbonyl (C=O) groups is 3. The number of rotatable bonds is 8. The standard InChI is InChI=1S/C24H23BrN2O5/c1-32-24(31)21(15-26-22(29)14-25)27-23(30)20-12-10-18(11-13-20)5-3-2-4-17-6-8-19(16-28)9-7-17/h2,4,6-13,21,28H,14-16H2,1H3,(H,26,29)(H,27,30)/t21-/m0/s1. The summed E-state index contributed by atoms with van der Waals surface area (Å²) in [5.41, 5.74) is 2.88. The summed E-state index contributed by atoms with van der Waals surface area (Å²) < 4.78 is 4.68. The maximum Gasteiger partial charge on any atom is 0.330 e. The van der Waals surface area contributed by atoms with Crippen LogP contribution >= 0.6 is 15.9 Å². The Kier molecular flexibility index (Phi) is 10.2. The summed E-state index contributed by atoms with van der Waals surface area (Å²) in [6.07, 6.45) is 3.58. The van der Waals surface area contributed by atoms with Gasteiger partial charge in [0.1, 0.15) is 6.04 Å². The fraction of sp³-hybridized carbons (Fsp3) is 0.208. The van der Waals surface area contributed by atoms with Crippen LogP contribution in [0.15, 0.2) is 54.6 Å². The van der Waals surface area contributed by atoms with Crippen molar-refractivity contribution in [2.24, 2.45) is 0 Å². The highest BCUT2D eigenvalue weighted by molar-refractivity contribution is 9.09. The molecule has 2 aromatic carbocycles. The highest BCUT2D eigenvalue weighted by atomic mass is 79.9. The zero-order valence-corrected chi connectivity index (χ0v) is 19.0. The van der Waals surface area contributed by atoms with E-state index in [1.165, 1.54) is 7.11 Å². The number of allylic oxidation sites excluding steroid dienone is 1. The zero-order chi connectivity index (χ0) is 23.3. The van der Waals surface area contributed by atoms with E-state index < -0.39 is 17.9 Å². The second kappa shape index (κ2) is 13.1. The molecule has 0 saturated carbocycles. The average Bonchev–Trinajstić information content (AvgIpc) is 2.84. The summed E-state index contributed by atoms with van der Waals surface area (Å²) in [7, 11) is 1.21. The van der Waals surface area contributed by atoms with E-state index in [0.29, 0.717) is 5.56 Å². The van der Waals surface area contributed by atoms with Gasteiger partial charge in [-0.3, -0.25) is 9.59 Å². The Balaban J connectivity index is 1.97. The Morgan fingerprint density at radius 1 is 1.12 bits per heavy atom. The molecule has 0 bridgehead atoms. The van der Waals surface area contributed by atoms with E-state index in [-0.39, 0.29) is 24.4 Å². The lowest BCUT2D eigenvalue weighted by Gasteiger charge is -2.17. The molecule has 32 heavy (non-hydrogen) atoms. The number of hydrogen-bond acceptors (Lipinski definition) is 5. The van der Waals surface area contributed by atoms with Crippen LogP contribution in [0.2, 0.25) is 0 Å². The average molecular weight is 499 g/mol. The Morgan fingerprint density at radius 2 is 1.81 bits per heavy atom. The highest BCUT2D eigenvalue weighted by Gasteiger charge is 2.22. The summed E-state index contributed by atoms with van der Waals surface area (Å²) in [4.78, 5) is 35.7. The monoisotopic (exact) mass is 498 g/mol. The molecule has 0 heterocycles. The van der Waals surface area contributed by atoms with E-state index >= 15 is 0 Å². The van der Waals surface area contributed by atoms with Gasteiger partial charge in [0.25, 0.3) is 5.91 Å². The number of amides is 2. The van der Waals surface area contributed by atoms with Gasteiger partial charge in [-0.2, -0.15) is 0 Å². The summed E-state index contributed by atoms with van der Waals surface area (Å²) in [6.45, 7) is -0.0731. The minimum Gasteiger partial charge on any atom is -0.467 e. The molecule has 0 spiro atoms. The van der Waals surface area contributed by atoms with E-state index in [0.717, 1.165) is 16.7 Å².